The molecule has 0 saturated carbocycles. The van der Waals surface area contributed by atoms with Crippen molar-refractivity contribution in [2.24, 2.45) is 0 Å². The number of aryl methyl sites for hydroxylation is 2. The molecule has 2 aromatic heterocycles. The molecule has 0 unspecified atom stereocenters. The van der Waals surface area contributed by atoms with Gasteiger partial charge < -0.3 is 10.1 Å². The van der Waals surface area contributed by atoms with E-state index in [1.165, 1.54) is 11.1 Å². The van der Waals surface area contributed by atoms with E-state index >= 15 is 0 Å². The zero-order valence-electron chi connectivity index (χ0n) is 16.7. The highest BCUT2D eigenvalue weighted by Gasteiger charge is 2.13. The first-order valence-electron chi connectivity index (χ1n) is 9.46. The van der Waals surface area contributed by atoms with Crippen molar-refractivity contribution in [2.45, 2.75) is 26.8 Å². The molecule has 0 spiro atoms. The summed E-state index contributed by atoms with van der Waals surface area (Å²) < 4.78 is 7.21. The number of ether oxygens (including phenoxy) is 1. The summed E-state index contributed by atoms with van der Waals surface area (Å²) in [5.74, 6) is 0.821. The molecular weight excluding hydrogens is 382 g/mol. The van der Waals surface area contributed by atoms with Crippen molar-refractivity contribution in [3.8, 4) is 17.0 Å². The number of fused-ring (bicyclic) bond motifs is 1. The molecule has 0 aliphatic heterocycles. The summed E-state index contributed by atoms with van der Waals surface area (Å²) in [6.07, 6.45) is 2.31. The molecule has 29 heavy (non-hydrogen) atoms. The maximum atomic E-state index is 12.5. The topological polar surface area (TPSA) is 55.6 Å². The van der Waals surface area contributed by atoms with E-state index in [1.54, 1.807) is 18.4 Å². The van der Waals surface area contributed by atoms with Crippen molar-refractivity contribution in [1.29, 1.82) is 0 Å². The Morgan fingerprint density at radius 1 is 1.17 bits per heavy atom. The van der Waals surface area contributed by atoms with Crippen molar-refractivity contribution in [3.05, 3.63) is 76.4 Å². The van der Waals surface area contributed by atoms with Crippen LogP contribution < -0.4 is 10.1 Å². The largest absolute Gasteiger partial charge is 0.497 e. The number of carbonyl (C=O) groups excluding carboxylic acids is 1. The minimum Gasteiger partial charge on any atom is -0.497 e. The van der Waals surface area contributed by atoms with Crippen molar-refractivity contribution >= 4 is 22.2 Å². The molecule has 0 aliphatic carbocycles. The van der Waals surface area contributed by atoms with Crippen LogP contribution >= 0.6 is 11.3 Å². The first-order chi connectivity index (χ1) is 14.0. The fourth-order valence-electron chi connectivity index (χ4n) is 3.27. The molecule has 0 atom stereocenters. The maximum Gasteiger partial charge on any atom is 0.226 e. The van der Waals surface area contributed by atoms with Gasteiger partial charge in [-0.2, -0.15) is 0 Å². The second-order valence-electron chi connectivity index (χ2n) is 7.12. The zero-order chi connectivity index (χ0) is 20.4. The normalized spacial score (nSPS) is 11.0. The monoisotopic (exact) mass is 405 g/mol. The number of nitrogens with zero attached hydrogens (tertiary/aromatic N) is 2. The minimum atomic E-state index is 0.00491. The van der Waals surface area contributed by atoms with Gasteiger partial charge in [-0.1, -0.05) is 23.8 Å². The molecule has 0 saturated heterocycles. The van der Waals surface area contributed by atoms with Crippen molar-refractivity contribution in [3.63, 3.8) is 0 Å². The number of imidazole rings is 1. The summed E-state index contributed by atoms with van der Waals surface area (Å²) in [6, 6.07) is 14.1. The number of rotatable bonds is 6. The maximum absolute atomic E-state index is 12.5. The van der Waals surface area contributed by atoms with Crippen molar-refractivity contribution in [2.75, 3.05) is 7.11 Å². The third-order valence-electron chi connectivity index (χ3n) is 4.99. The highest BCUT2D eigenvalue weighted by molar-refractivity contribution is 7.15. The van der Waals surface area contributed by atoms with Gasteiger partial charge in [-0.25, -0.2) is 4.98 Å². The second-order valence-corrected chi connectivity index (χ2v) is 7.95. The van der Waals surface area contributed by atoms with E-state index in [4.69, 9.17) is 9.72 Å². The molecule has 1 N–H and O–H groups in total. The Hall–Kier alpha value is -3.12. The number of carbonyl (C=O) groups is 1. The summed E-state index contributed by atoms with van der Waals surface area (Å²) in [7, 11) is 1.65. The molecule has 6 heteroatoms. The van der Waals surface area contributed by atoms with E-state index in [9.17, 15) is 4.79 Å². The molecule has 2 aromatic carbocycles. The summed E-state index contributed by atoms with van der Waals surface area (Å²) in [5, 5.41) is 5.04. The van der Waals surface area contributed by atoms with Gasteiger partial charge in [0.2, 0.25) is 5.91 Å². The molecule has 0 radical (unpaired) electrons. The fourth-order valence-corrected chi connectivity index (χ4v) is 4.14. The Labute approximate surface area is 174 Å². The van der Waals surface area contributed by atoms with E-state index in [0.29, 0.717) is 13.0 Å². The van der Waals surface area contributed by atoms with Gasteiger partial charge in [0.1, 0.15) is 5.75 Å². The summed E-state index contributed by atoms with van der Waals surface area (Å²) in [5.41, 5.74) is 6.38. The lowest BCUT2D eigenvalue weighted by molar-refractivity contribution is -0.120. The number of hydrogen-bond donors (Lipinski definition) is 1. The number of nitrogens with one attached hydrogen (secondary N) is 1. The lowest BCUT2D eigenvalue weighted by atomic mass is 10.1. The summed E-state index contributed by atoms with van der Waals surface area (Å²) >= 11 is 1.55. The molecule has 0 aliphatic rings. The Morgan fingerprint density at radius 2 is 1.97 bits per heavy atom. The first kappa shape index (κ1) is 19.2. The van der Waals surface area contributed by atoms with Gasteiger partial charge >= 0.3 is 0 Å². The predicted octanol–water partition coefficient (Wildman–Crippen LogP) is 4.55. The zero-order valence-corrected chi connectivity index (χ0v) is 17.5. The highest BCUT2D eigenvalue weighted by Crippen LogP contribution is 2.25. The van der Waals surface area contributed by atoms with E-state index in [-0.39, 0.29) is 5.91 Å². The third-order valence-corrected chi connectivity index (χ3v) is 5.88. The predicted molar refractivity (Wildman–Crippen MR) is 117 cm³/mol. The SMILES string of the molecule is COc1ccc(-c2cn3c(CC(=O)NCc4cc(C)ccc4C)csc3n2)cc1. The number of aromatic nitrogens is 2. The average molecular weight is 406 g/mol. The number of hydrogen-bond acceptors (Lipinski definition) is 4. The van der Waals surface area contributed by atoms with E-state index in [0.717, 1.165) is 33.2 Å². The Morgan fingerprint density at radius 3 is 2.72 bits per heavy atom. The standard InChI is InChI=1S/C23H23N3O2S/c1-15-4-5-16(2)18(10-15)12-24-22(27)11-19-14-29-23-25-21(13-26(19)23)17-6-8-20(28-3)9-7-17/h4-10,13-14H,11-12H2,1-3H3,(H,24,27). The molecule has 4 rings (SSSR count). The quantitative estimate of drug-likeness (QED) is 0.512. The fraction of sp³-hybridized carbons (Fsp3) is 0.217. The van der Waals surface area contributed by atoms with Crippen LogP contribution in [-0.4, -0.2) is 22.4 Å². The van der Waals surface area contributed by atoms with Gasteiger partial charge in [-0.3, -0.25) is 9.20 Å². The van der Waals surface area contributed by atoms with Crippen molar-refractivity contribution < 1.29 is 9.53 Å². The van der Waals surface area contributed by atoms with E-state index in [1.807, 2.05) is 40.2 Å². The van der Waals surface area contributed by atoms with Gasteiger partial charge in [-0.15, -0.1) is 11.3 Å². The van der Waals surface area contributed by atoms with E-state index < -0.39 is 0 Å². The molecule has 2 heterocycles. The summed E-state index contributed by atoms with van der Waals surface area (Å²) in [4.78, 5) is 18.1. The van der Waals surface area contributed by atoms with Crippen LogP contribution in [0.4, 0.5) is 0 Å². The van der Waals surface area contributed by atoms with Crippen LogP contribution in [0.1, 0.15) is 22.4 Å². The molecule has 4 aromatic rings. The second kappa shape index (κ2) is 8.09. The van der Waals surface area contributed by atoms with Crippen LogP contribution in [0.5, 0.6) is 5.75 Å². The van der Waals surface area contributed by atoms with Crippen LogP contribution in [-0.2, 0) is 17.8 Å². The highest BCUT2D eigenvalue weighted by atomic mass is 32.1. The smallest absolute Gasteiger partial charge is 0.226 e. The molecule has 148 valence electrons. The van der Waals surface area contributed by atoms with Crippen LogP contribution in [0.15, 0.2) is 54.0 Å². The Kier molecular flexibility index (Phi) is 5.36. The average Bonchev–Trinajstić information content (AvgIpc) is 3.31. The molecule has 0 bridgehead atoms. The van der Waals surface area contributed by atoms with Gasteiger partial charge in [0.25, 0.3) is 0 Å². The van der Waals surface area contributed by atoms with E-state index in [2.05, 4.69) is 37.4 Å². The third kappa shape index (κ3) is 4.17. The minimum absolute atomic E-state index is 0.00491. The Balaban J connectivity index is 1.47. The van der Waals surface area contributed by atoms with Crippen LogP contribution in [0.3, 0.4) is 0 Å². The molecule has 5 nitrogen and oxygen atoms in total. The molecular formula is C23H23N3O2S. The van der Waals surface area contributed by atoms with Crippen LogP contribution in [0, 0.1) is 13.8 Å². The first-order valence-corrected chi connectivity index (χ1v) is 10.3. The lowest BCUT2D eigenvalue weighted by Crippen LogP contribution is -2.25. The van der Waals surface area contributed by atoms with Gasteiger partial charge in [-0.05, 0) is 49.2 Å². The van der Waals surface area contributed by atoms with Crippen molar-refractivity contribution in [1.82, 2.24) is 14.7 Å². The van der Waals surface area contributed by atoms with Crippen LogP contribution in [0.25, 0.3) is 16.2 Å². The number of methoxy groups -OCH3 is 1. The van der Waals surface area contributed by atoms with Gasteiger partial charge in [0, 0.05) is 29.4 Å². The number of amides is 1. The molecule has 0 fully saturated rings. The van der Waals surface area contributed by atoms with Crippen LogP contribution in [0.2, 0.25) is 0 Å². The van der Waals surface area contributed by atoms with Gasteiger partial charge in [0.05, 0.1) is 19.2 Å². The molecule has 1 amide bonds. The Bertz CT molecular complexity index is 1160. The van der Waals surface area contributed by atoms with Gasteiger partial charge in [0.15, 0.2) is 4.96 Å². The number of thiazole rings is 1. The lowest BCUT2D eigenvalue weighted by Gasteiger charge is -2.09. The number of benzene rings is 2. The summed E-state index contributed by atoms with van der Waals surface area (Å²) in [6.45, 7) is 4.67.